The van der Waals surface area contributed by atoms with Crippen molar-refractivity contribution in [2.24, 2.45) is 0 Å². The highest BCUT2D eigenvalue weighted by atomic mass is 35.5. The van der Waals surface area contributed by atoms with Crippen LogP contribution in [0, 0.1) is 0 Å². The topological polar surface area (TPSA) is 53.2 Å². The van der Waals surface area contributed by atoms with Crippen LogP contribution in [-0.4, -0.2) is 21.7 Å². The van der Waals surface area contributed by atoms with Gasteiger partial charge >= 0.3 is 0 Å². The predicted octanol–water partition coefficient (Wildman–Crippen LogP) is 4.69. The highest BCUT2D eigenvalue weighted by Crippen LogP contribution is 2.32. The van der Waals surface area contributed by atoms with Crippen molar-refractivity contribution in [2.75, 3.05) is 0 Å². The maximum atomic E-state index is 12.6. The fourth-order valence-corrected chi connectivity index (χ4v) is 3.28. The Balaban J connectivity index is 1.64. The zero-order valence-electron chi connectivity index (χ0n) is 13.5. The molecule has 25 heavy (non-hydrogen) atoms. The molecule has 1 atom stereocenters. The smallest absolute Gasteiger partial charge is 0.262 e. The van der Waals surface area contributed by atoms with Crippen molar-refractivity contribution >= 4 is 23.4 Å². The fourth-order valence-electron chi connectivity index (χ4n) is 3.15. The summed E-state index contributed by atoms with van der Waals surface area (Å²) in [5.74, 6) is -0.508. The van der Waals surface area contributed by atoms with Gasteiger partial charge in [-0.1, -0.05) is 35.9 Å². The molecule has 0 saturated carbocycles. The first-order valence-corrected chi connectivity index (χ1v) is 8.36. The molecule has 1 aromatic heterocycles. The van der Waals surface area contributed by atoms with Gasteiger partial charge in [0.1, 0.15) is 0 Å². The number of hydrogen-bond donors (Lipinski definition) is 1. The van der Waals surface area contributed by atoms with Crippen molar-refractivity contribution in [3.05, 3.63) is 82.5 Å². The molecule has 2 aromatic carbocycles. The number of rotatable bonds is 3. The van der Waals surface area contributed by atoms with Crippen LogP contribution >= 0.6 is 11.6 Å². The van der Waals surface area contributed by atoms with Gasteiger partial charge in [0.25, 0.3) is 11.8 Å². The molecule has 0 aliphatic carbocycles. The molecule has 1 aliphatic rings. The van der Waals surface area contributed by atoms with E-state index in [1.54, 1.807) is 24.3 Å². The van der Waals surface area contributed by atoms with E-state index in [-0.39, 0.29) is 17.9 Å². The third-order valence-electron chi connectivity index (χ3n) is 4.53. The first-order valence-electron chi connectivity index (χ1n) is 7.98. The Morgan fingerprint density at radius 2 is 1.48 bits per heavy atom. The number of carbonyl (C=O) groups excluding carboxylic acids is 2. The van der Waals surface area contributed by atoms with E-state index < -0.39 is 0 Å². The number of hydrogen-bond acceptors (Lipinski definition) is 2. The van der Waals surface area contributed by atoms with Crippen molar-refractivity contribution in [3.8, 4) is 11.3 Å². The van der Waals surface area contributed by atoms with E-state index in [1.807, 2.05) is 43.3 Å². The minimum atomic E-state index is -0.381. The molecule has 5 heteroatoms. The Hall–Kier alpha value is -2.85. The molecule has 0 unspecified atom stereocenters. The summed E-state index contributed by atoms with van der Waals surface area (Å²) in [5, 5.41) is 0.676. The van der Waals surface area contributed by atoms with E-state index >= 15 is 0 Å². The lowest BCUT2D eigenvalue weighted by Gasteiger charge is -2.21. The van der Waals surface area contributed by atoms with Crippen molar-refractivity contribution in [1.29, 1.82) is 0 Å². The number of amides is 2. The molecule has 3 aromatic rings. The van der Waals surface area contributed by atoms with Crippen LogP contribution in [0.4, 0.5) is 0 Å². The number of nitrogens with one attached hydrogen (secondary N) is 1. The standard InChI is InChI=1S/C20H15ClN2O2/c1-12(23-19(24)15-4-2-3-5-16(15)20(23)25)17-10-11-18(22-17)13-6-8-14(21)9-7-13/h2-12,22H,1H3/t12-/m0/s1. The minimum Gasteiger partial charge on any atom is -0.357 e. The van der Waals surface area contributed by atoms with E-state index in [0.717, 1.165) is 17.0 Å². The summed E-state index contributed by atoms with van der Waals surface area (Å²) in [5.41, 5.74) is 3.63. The third kappa shape index (κ3) is 2.55. The molecule has 124 valence electrons. The van der Waals surface area contributed by atoms with Crippen LogP contribution in [0.2, 0.25) is 5.02 Å². The van der Waals surface area contributed by atoms with Gasteiger partial charge in [-0.15, -0.1) is 0 Å². The van der Waals surface area contributed by atoms with Crippen LogP contribution in [-0.2, 0) is 0 Å². The van der Waals surface area contributed by atoms with E-state index in [4.69, 9.17) is 11.6 Å². The summed E-state index contributed by atoms with van der Waals surface area (Å²) >= 11 is 5.93. The summed E-state index contributed by atoms with van der Waals surface area (Å²) in [6.45, 7) is 1.85. The second-order valence-corrected chi connectivity index (χ2v) is 6.47. The number of carbonyl (C=O) groups is 2. The van der Waals surface area contributed by atoms with Gasteiger partial charge in [-0.2, -0.15) is 0 Å². The molecular weight excluding hydrogens is 336 g/mol. The number of nitrogens with zero attached hydrogens (tertiary/aromatic N) is 1. The third-order valence-corrected chi connectivity index (χ3v) is 4.78. The summed E-state index contributed by atoms with van der Waals surface area (Å²) < 4.78 is 0. The second-order valence-electron chi connectivity index (χ2n) is 6.04. The van der Waals surface area contributed by atoms with Crippen LogP contribution < -0.4 is 0 Å². The van der Waals surface area contributed by atoms with Gasteiger partial charge in [-0.3, -0.25) is 14.5 Å². The lowest BCUT2D eigenvalue weighted by Crippen LogP contribution is -2.32. The Bertz CT molecular complexity index is 940. The van der Waals surface area contributed by atoms with Gasteiger partial charge in [0.05, 0.1) is 17.2 Å². The number of H-pyrrole nitrogens is 1. The van der Waals surface area contributed by atoms with E-state index in [1.165, 1.54) is 4.90 Å². The highest BCUT2D eigenvalue weighted by Gasteiger charge is 2.38. The molecule has 1 N–H and O–H groups in total. The maximum absolute atomic E-state index is 12.6. The molecule has 0 bridgehead atoms. The summed E-state index contributed by atoms with van der Waals surface area (Å²) in [4.78, 5) is 29.8. The molecular formula is C20H15ClN2O2. The first-order chi connectivity index (χ1) is 12.1. The quantitative estimate of drug-likeness (QED) is 0.696. The number of halogens is 1. The SMILES string of the molecule is C[C@@H](c1ccc(-c2ccc(Cl)cc2)[nH]1)N1C(=O)c2ccccc2C1=O. The maximum Gasteiger partial charge on any atom is 0.262 e. The van der Waals surface area contributed by atoms with E-state index in [2.05, 4.69) is 4.98 Å². The largest absolute Gasteiger partial charge is 0.357 e. The Kier molecular flexibility index (Phi) is 3.70. The van der Waals surface area contributed by atoms with Crippen molar-refractivity contribution < 1.29 is 9.59 Å². The minimum absolute atomic E-state index is 0.254. The second kappa shape index (κ2) is 5.90. The number of imide groups is 1. The van der Waals surface area contributed by atoms with Crippen LogP contribution in [0.15, 0.2) is 60.7 Å². The first kappa shape index (κ1) is 15.7. The van der Waals surface area contributed by atoms with Crippen LogP contribution in [0.3, 0.4) is 0 Å². The molecule has 2 amide bonds. The van der Waals surface area contributed by atoms with Crippen LogP contribution in [0.1, 0.15) is 39.4 Å². The molecule has 0 fully saturated rings. The summed E-state index contributed by atoms with van der Waals surface area (Å²) in [6, 6.07) is 17.9. The average Bonchev–Trinajstić information content (AvgIpc) is 3.20. The van der Waals surface area contributed by atoms with Crippen molar-refractivity contribution in [3.63, 3.8) is 0 Å². The summed E-state index contributed by atoms with van der Waals surface area (Å²) in [7, 11) is 0. The van der Waals surface area contributed by atoms with Crippen LogP contribution in [0.5, 0.6) is 0 Å². The van der Waals surface area contributed by atoms with Crippen LogP contribution in [0.25, 0.3) is 11.3 Å². The average molecular weight is 351 g/mol. The van der Waals surface area contributed by atoms with Crippen molar-refractivity contribution in [2.45, 2.75) is 13.0 Å². The molecule has 0 radical (unpaired) electrons. The van der Waals surface area contributed by atoms with Crippen molar-refractivity contribution in [1.82, 2.24) is 9.88 Å². The lowest BCUT2D eigenvalue weighted by molar-refractivity contribution is 0.0592. The monoisotopic (exact) mass is 350 g/mol. The zero-order chi connectivity index (χ0) is 17.6. The zero-order valence-corrected chi connectivity index (χ0v) is 14.2. The molecule has 4 nitrogen and oxygen atoms in total. The number of fused-ring (bicyclic) bond motifs is 1. The van der Waals surface area contributed by atoms with Gasteiger partial charge in [0.2, 0.25) is 0 Å². The molecule has 0 spiro atoms. The van der Waals surface area contributed by atoms with Gasteiger partial charge < -0.3 is 4.98 Å². The lowest BCUT2D eigenvalue weighted by atomic mass is 10.1. The normalized spacial score (nSPS) is 14.7. The number of benzene rings is 2. The number of aromatic amines is 1. The summed E-state index contributed by atoms with van der Waals surface area (Å²) in [6.07, 6.45) is 0. The number of aromatic nitrogens is 1. The predicted molar refractivity (Wildman–Crippen MR) is 96.6 cm³/mol. The van der Waals surface area contributed by atoms with E-state index in [9.17, 15) is 9.59 Å². The van der Waals surface area contributed by atoms with Gasteiger partial charge in [0, 0.05) is 16.4 Å². The molecule has 4 rings (SSSR count). The molecule has 2 heterocycles. The Morgan fingerprint density at radius 3 is 2.08 bits per heavy atom. The van der Waals surface area contributed by atoms with Gasteiger partial charge in [-0.05, 0) is 48.9 Å². The highest BCUT2D eigenvalue weighted by molar-refractivity contribution is 6.30. The van der Waals surface area contributed by atoms with Gasteiger partial charge in [-0.25, -0.2) is 0 Å². The van der Waals surface area contributed by atoms with Gasteiger partial charge in [0.15, 0.2) is 0 Å². The van der Waals surface area contributed by atoms with E-state index in [0.29, 0.717) is 16.1 Å². The Morgan fingerprint density at radius 1 is 0.880 bits per heavy atom. The fraction of sp³-hybridized carbons (Fsp3) is 0.100. The molecule has 0 saturated heterocycles. The molecule has 1 aliphatic heterocycles. The Labute approximate surface area is 150 Å².